The number of nitro groups is 1. The van der Waals surface area contributed by atoms with Crippen molar-refractivity contribution in [3.8, 4) is 11.5 Å². The van der Waals surface area contributed by atoms with E-state index >= 15 is 0 Å². The zero-order valence-electron chi connectivity index (χ0n) is 16.8. The Morgan fingerprint density at radius 3 is 2.50 bits per heavy atom. The first kappa shape index (κ1) is 23.2. The first-order valence-electron chi connectivity index (χ1n) is 9.14. The van der Waals surface area contributed by atoms with Crippen LogP contribution in [0.15, 0.2) is 81.2 Å². The van der Waals surface area contributed by atoms with E-state index in [1.54, 1.807) is 42.5 Å². The molecule has 0 heterocycles. The number of hydrogen-bond acceptors (Lipinski definition) is 7. The maximum atomic E-state index is 12.3. The summed E-state index contributed by atoms with van der Waals surface area (Å²) >= 11 is 3.25. The van der Waals surface area contributed by atoms with Gasteiger partial charge in [-0.05, 0) is 54.1 Å². The molecule has 9 nitrogen and oxygen atoms in total. The quantitative estimate of drug-likeness (QED) is 0.256. The Morgan fingerprint density at radius 1 is 1.09 bits per heavy atom. The van der Waals surface area contributed by atoms with Crippen LogP contribution in [0.3, 0.4) is 0 Å². The molecule has 0 aliphatic carbocycles. The number of nitrogens with one attached hydrogen (secondary N) is 1. The Balaban J connectivity index is 1.74. The maximum absolute atomic E-state index is 12.3. The molecular formula is C21H18BrN3O6S. The molecule has 0 unspecified atom stereocenters. The summed E-state index contributed by atoms with van der Waals surface area (Å²) in [7, 11) is -2.32. The van der Waals surface area contributed by atoms with Crippen molar-refractivity contribution < 1.29 is 22.8 Å². The van der Waals surface area contributed by atoms with Gasteiger partial charge in [0.05, 0.1) is 23.1 Å². The van der Waals surface area contributed by atoms with Crippen LogP contribution in [-0.4, -0.2) is 26.7 Å². The van der Waals surface area contributed by atoms with Gasteiger partial charge < -0.3 is 9.47 Å². The number of para-hydroxylation sites is 2. The summed E-state index contributed by atoms with van der Waals surface area (Å²) < 4.78 is 36.3. The number of benzene rings is 3. The topological polar surface area (TPSA) is 120 Å². The highest BCUT2D eigenvalue weighted by Gasteiger charge is 2.15. The molecule has 3 aromatic carbocycles. The highest BCUT2D eigenvalue weighted by atomic mass is 79.9. The molecule has 0 saturated heterocycles. The van der Waals surface area contributed by atoms with E-state index < -0.39 is 14.9 Å². The molecule has 0 aliphatic rings. The molecule has 3 aromatic rings. The summed E-state index contributed by atoms with van der Waals surface area (Å²) in [6, 6.07) is 17.2. The van der Waals surface area contributed by atoms with E-state index in [0.717, 1.165) is 4.47 Å². The zero-order chi connectivity index (χ0) is 23.1. The average molecular weight is 520 g/mol. The number of methoxy groups -OCH3 is 1. The highest BCUT2D eigenvalue weighted by Crippen LogP contribution is 2.28. The van der Waals surface area contributed by atoms with Gasteiger partial charge in [0.15, 0.2) is 5.75 Å². The van der Waals surface area contributed by atoms with Gasteiger partial charge in [0.25, 0.3) is 10.0 Å². The number of nitrogens with zero attached hydrogens (tertiary/aromatic N) is 2. The number of rotatable bonds is 9. The Kier molecular flexibility index (Phi) is 7.44. The van der Waals surface area contributed by atoms with Crippen molar-refractivity contribution in [2.45, 2.75) is 11.5 Å². The minimum atomic E-state index is -3.81. The smallest absolute Gasteiger partial charge is 0.310 e. The molecule has 0 amide bonds. The van der Waals surface area contributed by atoms with Gasteiger partial charge in [0, 0.05) is 16.1 Å². The average Bonchev–Trinajstić information content (AvgIpc) is 2.78. The normalized spacial score (nSPS) is 11.3. The lowest BCUT2D eigenvalue weighted by atomic mass is 10.1. The van der Waals surface area contributed by atoms with Crippen LogP contribution < -0.4 is 14.3 Å². The molecule has 0 aliphatic heterocycles. The van der Waals surface area contributed by atoms with Crippen molar-refractivity contribution in [1.82, 2.24) is 4.83 Å². The number of hydrogen-bond donors (Lipinski definition) is 1. The number of sulfonamides is 1. The summed E-state index contributed by atoms with van der Waals surface area (Å²) in [5.41, 5.74) is 1.03. The molecule has 3 rings (SSSR count). The van der Waals surface area contributed by atoms with Gasteiger partial charge in [-0.2, -0.15) is 13.5 Å². The van der Waals surface area contributed by atoms with Gasteiger partial charge in [-0.3, -0.25) is 10.1 Å². The molecule has 0 aromatic heterocycles. The van der Waals surface area contributed by atoms with Crippen LogP contribution in [0.5, 0.6) is 11.5 Å². The fourth-order valence-corrected chi connectivity index (χ4v) is 3.77. The Hall–Kier alpha value is -3.44. The first-order valence-corrected chi connectivity index (χ1v) is 11.4. The van der Waals surface area contributed by atoms with Gasteiger partial charge in [0.1, 0.15) is 12.4 Å². The van der Waals surface area contributed by atoms with E-state index in [0.29, 0.717) is 16.9 Å². The lowest BCUT2D eigenvalue weighted by molar-refractivity contribution is -0.385. The summed E-state index contributed by atoms with van der Waals surface area (Å²) in [6.07, 6.45) is 1.34. The number of ether oxygens (including phenoxy) is 2. The third-order valence-corrected chi connectivity index (χ3v) is 6.03. The van der Waals surface area contributed by atoms with Crippen molar-refractivity contribution in [1.29, 1.82) is 0 Å². The van der Waals surface area contributed by atoms with E-state index in [2.05, 4.69) is 25.9 Å². The van der Waals surface area contributed by atoms with Crippen molar-refractivity contribution in [3.63, 3.8) is 0 Å². The summed E-state index contributed by atoms with van der Waals surface area (Å²) in [5, 5.41) is 15.0. The number of hydrazone groups is 1. The Bertz CT molecular complexity index is 1250. The van der Waals surface area contributed by atoms with E-state index in [1.165, 1.54) is 37.6 Å². The molecular weight excluding hydrogens is 502 g/mol. The molecule has 166 valence electrons. The third-order valence-electron chi connectivity index (χ3n) is 4.26. The van der Waals surface area contributed by atoms with Gasteiger partial charge in [-0.25, -0.2) is 4.83 Å². The lowest BCUT2D eigenvalue weighted by Gasteiger charge is -2.11. The highest BCUT2D eigenvalue weighted by molar-refractivity contribution is 9.10. The monoisotopic (exact) mass is 519 g/mol. The van der Waals surface area contributed by atoms with Crippen molar-refractivity contribution in [2.75, 3.05) is 7.11 Å². The van der Waals surface area contributed by atoms with Gasteiger partial charge in [-0.15, -0.1) is 0 Å². The molecule has 0 atom stereocenters. The molecule has 1 N–H and O–H groups in total. The minimum absolute atomic E-state index is 0.000324. The molecule has 11 heteroatoms. The molecule has 0 fully saturated rings. The van der Waals surface area contributed by atoms with E-state index in [9.17, 15) is 18.5 Å². The standard InChI is InChI=1S/C21H18BrN3O6S/c1-30-20-11-6-15(13-23-24-32(28,29)18-9-7-17(22)8-10-18)12-16(20)14-31-21-5-3-2-4-19(21)25(26)27/h2-13,24H,14H2,1H3/b23-13-. The fraction of sp³-hybridized carbons (Fsp3) is 0.0952. The molecule has 0 saturated carbocycles. The van der Waals surface area contributed by atoms with Crippen LogP contribution in [0.4, 0.5) is 5.69 Å². The van der Waals surface area contributed by atoms with Crippen LogP contribution in [0, 0.1) is 10.1 Å². The predicted molar refractivity (Wildman–Crippen MR) is 122 cm³/mol. The summed E-state index contributed by atoms with van der Waals surface area (Å²) in [5.74, 6) is 0.636. The maximum Gasteiger partial charge on any atom is 0.310 e. The molecule has 0 spiro atoms. The zero-order valence-corrected chi connectivity index (χ0v) is 19.2. The van der Waals surface area contributed by atoms with Crippen molar-refractivity contribution in [3.05, 3.63) is 92.4 Å². The SMILES string of the molecule is COc1ccc(/C=N\NS(=O)(=O)c2ccc(Br)cc2)cc1COc1ccccc1[N+](=O)[O-]. The second-order valence-electron chi connectivity index (χ2n) is 6.39. The third kappa shape index (κ3) is 5.83. The summed E-state index contributed by atoms with van der Waals surface area (Å²) in [4.78, 5) is 12.9. The van der Waals surface area contributed by atoms with Crippen LogP contribution >= 0.6 is 15.9 Å². The molecule has 0 radical (unpaired) electrons. The van der Waals surface area contributed by atoms with Crippen molar-refractivity contribution in [2.24, 2.45) is 5.10 Å². The van der Waals surface area contributed by atoms with Crippen LogP contribution in [0.25, 0.3) is 0 Å². The summed E-state index contributed by atoms with van der Waals surface area (Å²) in [6.45, 7) is 0.000324. The fourth-order valence-electron chi connectivity index (χ4n) is 2.71. The van der Waals surface area contributed by atoms with E-state index in [-0.39, 0.29) is 22.9 Å². The number of nitro benzene ring substituents is 1. The van der Waals surface area contributed by atoms with Gasteiger partial charge >= 0.3 is 5.69 Å². The number of halogens is 1. The Morgan fingerprint density at radius 2 is 1.81 bits per heavy atom. The van der Waals surface area contributed by atoms with E-state index in [4.69, 9.17) is 9.47 Å². The Labute approximate surface area is 193 Å². The molecule has 32 heavy (non-hydrogen) atoms. The largest absolute Gasteiger partial charge is 0.496 e. The van der Waals surface area contributed by atoms with Gasteiger partial charge in [0.2, 0.25) is 0 Å². The van der Waals surface area contributed by atoms with E-state index in [1.807, 2.05) is 0 Å². The van der Waals surface area contributed by atoms with Crippen LogP contribution in [0.1, 0.15) is 11.1 Å². The van der Waals surface area contributed by atoms with Crippen LogP contribution in [0.2, 0.25) is 0 Å². The molecule has 0 bridgehead atoms. The second-order valence-corrected chi connectivity index (χ2v) is 8.97. The van der Waals surface area contributed by atoms with Crippen molar-refractivity contribution >= 4 is 37.9 Å². The van der Waals surface area contributed by atoms with Gasteiger partial charge in [-0.1, -0.05) is 28.1 Å². The predicted octanol–water partition coefficient (Wildman–Crippen LogP) is 4.26. The van der Waals surface area contributed by atoms with Crippen LogP contribution in [-0.2, 0) is 16.6 Å². The second kappa shape index (κ2) is 10.2. The first-order chi connectivity index (χ1) is 15.3. The minimum Gasteiger partial charge on any atom is -0.496 e. The lowest BCUT2D eigenvalue weighted by Crippen LogP contribution is -2.18.